The highest BCUT2D eigenvalue weighted by molar-refractivity contribution is 5.85. The molecule has 2 unspecified atom stereocenters. The van der Waals surface area contributed by atoms with Crippen LogP contribution in [0.2, 0.25) is 0 Å². The number of nitrogens with zero attached hydrogens (tertiary/aromatic N) is 1. The molecule has 1 fully saturated rings. The Kier molecular flexibility index (Phi) is 5.29. The monoisotopic (exact) mass is 207 g/mol. The zero-order valence-corrected chi connectivity index (χ0v) is 8.72. The summed E-state index contributed by atoms with van der Waals surface area (Å²) in [4.78, 5) is 13.2. The Balaban J connectivity index is 0.00000144. The second-order valence-corrected chi connectivity index (χ2v) is 3.32. The Morgan fingerprint density at radius 1 is 1.62 bits per heavy atom. The molecule has 13 heavy (non-hydrogen) atoms. The molecule has 0 aliphatic carbocycles. The van der Waals surface area contributed by atoms with Crippen molar-refractivity contribution < 1.29 is 4.79 Å². The summed E-state index contributed by atoms with van der Waals surface area (Å²) in [6, 6.07) is 0.329. The van der Waals surface area contributed by atoms with Crippen molar-refractivity contribution in [3.8, 4) is 0 Å². The van der Waals surface area contributed by atoms with E-state index in [2.05, 4.69) is 0 Å². The molecular formula is C8H18ClN3O. The maximum atomic E-state index is 11.4. The largest absolute Gasteiger partial charge is 0.338 e. The second kappa shape index (κ2) is 5.42. The topological polar surface area (TPSA) is 72.3 Å². The Morgan fingerprint density at radius 3 is 2.62 bits per heavy atom. The number of likely N-dealkylation sites (tertiary alicyclic amines) is 1. The van der Waals surface area contributed by atoms with Gasteiger partial charge in [-0.05, 0) is 13.3 Å². The number of hydrogen-bond donors (Lipinski definition) is 2. The molecule has 0 bridgehead atoms. The maximum absolute atomic E-state index is 11.4. The summed E-state index contributed by atoms with van der Waals surface area (Å²) in [6.07, 6.45) is 1.36. The molecule has 0 aromatic carbocycles. The average Bonchev–Trinajstić information content (AvgIpc) is 2.34. The highest BCUT2D eigenvalue weighted by atomic mass is 35.5. The Labute approximate surface area is 85.0 Å². The molecule has 1 saturated heterocycles. The summed E-state index contributed by atoms with van der Waals surface area (Å²) in [5.74, 6) is 0.137. The summed E-state index contributed by atoms with van der Waals surface area (Å²) in [5, 5.41) is 0. The fourth-order valence-electron chi connectivity index (χ4n) is 1.58. The molecule has 1 rings (SSSR count). The van der Waals surface area contributed by atoms with Crippen LogP contribution in [0.5, 0.6) is 0 Å². The first-order chi connectivity index (χ1) is 5.66. The van der Waals surface area contributed by atoms with E-state index in [1.807, 2.05) is 11.8 Å². The zero-order valence-electron chi connectivity index (χ0n) is 7.90. The van der Waals surface area contributed by atoms with Crippen LogP contribution in [0.15, 0.2) is 0 Å². The van der Waals surface area contributed by atoms with Gasteiger partial charge in [0.25, 0.3) is 0 Å². The van der Waals surface area contributed by atoms with E-state index in [0.29, 0.717) is 13.0 Å². The summed E-state index contributed by atoms with van der Waals surface area (Å²) in [6.45, 7) is 3.21. The molecule has 0 aromatic rings. The Morgan fingerprint density at radius 2 is 2.23 bits per heavy atom. The predicted octanol–water partition coefficient (Wildman–Crippen LogP) is -0.295. The van der Waals surface area contributed by atoms with Gasteiger partial charge in [0, 0.05) is 31.6 Å². The SMILES string of the molecule is CC1C(N)CCN1C(=O)CCN.Cl. The molecule has 1 amide bonds. The summed E-state index contributed by atoms with van der Waals surface area (Å²) in [5.41, 5.74) is 11.1. The van der Waals surface area contributed by atoms with Crippen LogP contribution < -0.4 is 11.5 Å². The molecule has 0 aromatic heterocycles. The molecule has 2 atom stereocenters. The van der Waals surface area contributed by atoms with E-state index in [1.54, 1.807) is 0 Å². The predicted molar refractivity (Wildman–Crippen MR) is 54.7 cm³/mol. The molecule has 0 radical (unpaired) electrons. The molecule has 1 aliphatic heterocycles. The first-order valence-corrected chi connectivity index (χ1v) is 4.42. The van der Waals surface area contributed by atoms with Crippen LogP contribution in [0.1, 0.15) is 19.8 Å². The van der Waals surface area contributed by atoms with E-state index in [0.717, 1.165) is 13.0 Å². The van der Waals surface area contributed by atoms with E-state index >= 15 is 0 Å². The van der Waals surface area contributed by atoms with Gasteiger partial charge in [-0.25, -0.2) is 0 Å². The highest BCUT2D eigenvalue weighted by Gasteiger charge is 2.30. The van der Waals surface area contributed by atoms with Crippen LogP contribution >= 0.6 is 12.4 Å². The van der Waals surface area contributed by atoms with Crippen molar-refractivity contribution in [2.24, 2.45) is 11.5 Å². The molecule has 5 heteroatoms. The third-order valence-corrected chi connectivity index (χ3v) is 2.49. The Hall–Kier alpha value is -0.320. The van der Waals surface area contributed by atoms with E-state index in [-0.39, 0.29) is 30.4 Å². The van der Waals surface area contributed by atoms with Crippen molar-refractivity contribution in [2.45, 2.75) is 31.8 Å². The lowest BCUT2D eigenvalue weighted by Gasteiger charge is -2.22. The van der Waals surface area contributed by atoms with Crippen molar-refractivity contribution in [1.29, 1.82) is 0 Å². The van der Waals surface area contributed by atoms with Crippen molar-refractivity contribution in [3.05, 3.63) is 0 Å². The van der Waals surface area contributed by atoms with Gasteiger partial charge in [-0.3, -0.25) is 4.79 Å². The Bertz CT molecular complexity index is 177. The molecule has 1 heterocycles. The minimum atomic E-state index is 0. The fourth-order valence-corrected chi connectivity index (χ4v) is 1.58. The van der Waals surface area contributed by atoms with Crippen molar-refractivity contribution in [2.75, 3.05) is 13.1 Å². The first kappa shape index (κ1) is 12.7. The molecule has 78 valence electrons. The van der Waals surface area contributed by atoms with Gasteiger partial charge in [0.2, 0.25) is 5.91 Å². The number of halogens is 1. The maximum Gasteiger partial charge on any atom is 0.224 e. The summed E-state index contributed by atoms with van der Waals surface area (Å²) in [7, 11) is 0. The average molecular weight is 208 g/mol. The van der Waals surface area contributed by atoms with Crippen molar-refractivity contribution in [3.63, 3.8) is 0 Å². The number of hydrogen-bond acceptors (Lipinski definition) is 3. The van der Waals surface area contributed by atoms with Gasteiger partial charge >= 0.3 is 0 Å². The van der Waals surface area contributed by atoms with Crippen LogP contribution in [0.3, 0.4) is 0 Å². The molecule has 0 saturated carbocycles. The summed E-state index contributed by atoms with van der Waals surface area (Å²) < 4.78 is 0. The third-order valence-electron chi connectivity index (χ3n) is 2.49. The van der Waals surface area contributed by atoms with E-state index in [1.165, 1.54) is 0 Å². The lowest BCUT2D eigenvalue weighted by molar-refractivity contribution is -0.131. The summed E-state index contributed by atoms with van der Waals surface area (Å²) >= 11 is 0. The number of amides is 1. The van der Waals surface area contributed by atoms with Gasteiger partial charge in [0.15, 0.2) is 0 Å². The molecular weight excluding hydrogens is 190 g/mol. The van der Waals surface area contributed by atoms with Crippen LogP contribution in [0.25, 0.3) is 0 Å². The lowest BCUT2D eigenvalue weighted by atomic mass is 10.2. The molecule has 4 nitrogen and oxygen atoms in total. The van der Waals surface area contributed by atoms with Gasteiger partial charge < -0.3 is 16.4 Å². The fraction of sp³-hybridized carbons (Fsp3) is 0.875. The van der Waals surface area contributed by atoms with E-state index < -0.39 is 0 Å². The number of carbonyl (C=O) groups excluding carboxylic acids is 1. The van der Waals surface area contributed by atoms with Gasteiger partial charge in [0.1, 0.15) is 0 Å². The van der Waals surface area contributed by atoms with Crippen molar-refractivity contribution in [1.82, 2.24) is 4.90 Å². The van der Waals surface area contributed by atoms with Crippen LogP contribution in [0.4, 0.5) is 0 Å². The van der Waals surface area contributed by atoms with Gasteiger partial charge in [-0.1, -0.05) is 0 Å². The normalized spacial score (nSPS) is 27.2. The van der Waals surface area contributed by atoms with Crippen LogP contribution in [0, 0.1) is 0 Å². The quantitative estimate of drug-likeness (QED) is 0.654. The second-order valence-electron chi connectivity index (χ2n) is 3.32. The smallest absolute Gasteiger partial charge is 0.224 e. The minimum absolute atomic E-state index is 0. The lowest BCUT2D eigenvalue weighted by Crippen LogP contribution is -2.40. The van der Waals surface area contributed by atoms with E-state index in [9.17, 15) is 4.79 Å². The molecule has 4 N–H and O–H groups in total. The third kappa shape index (κ3) is 2.83. The van der Waals surface area contributed by atoms with Gasteiger partial charge in [-0.2, -0.15) is 0 Å². The standard InChI is InChI=1S/C8H17N3O.ClH/c1-6-7(10)3-5-11(6)8(12)2-4-9;/h6-7H,2-5,9-10H2,1H3;1H. The van der Waals surface area contributed by atoms with E-state index in [4.69, 9.17) is 11.5 Å². The number of carbonyl (C=O) groups is 1. The van der Waals surface area contributed by atoms with Gasteiger partial charge in [-0.15, -0.1) is 12.4 Å². The first-order valence-electron chi connectivity index (χ1n) is 4.42. The van der Waals surface area contributed by atoms with Crippen LogP contribution in [-0.2, 0) is 4.79 Å². The zero-order chi connectivity index (χ0) is 9.14. The molecule has 0 spiro atoms. The highest BCUT2D eigenvalue weighted by Crippen LogP contribution is 2.16. The van der Waals surface area contributed by atoms with Crippen LogP contribution in [-0.4, -0.2) is 36.0 Å². The number of nitrogens with two attached hydrogens (primary N) is 2. The minimum Gasteiger partial charge on any atom is -0.338 e. The molecule has 1 aliphatic rings. The van der Waals surface area contributed by atoms with Gasteiger partial charge in [0.05, 0.1) is 0 Å². The van der Waals surface area contributed by atoms with Crippen molar-refractivity contribution >= 4 is 18.3 Å². The number of rotatable bonds is 2.